The number of methoxy groups -OCH3 is 2. The van der Waals surface area contributed by atoms with Crippen LogP contribution in [0.2, 0.25) is 0 Å². The Morgan fingerprint density at radius 2 is 2.15 bits per heavy atom. The van der Waals surface area contributed by atoms with Gasteiger partial charge in [-0.05, 0) is 40.8 Å². The van der Waals surface area contributed by atoms with Crippen LogP contribution in [0.5, 0.6) is 5.75 Å². The molecule has 0 saturated heterocycles. The van der Waals surface area contributed by atoms with Crippen LogP contribution in [0.25, 0.3) is 11.4 Å². The number of hydrogen-bond donors (Lipinski definition) is 1. The van der Waals surface area contributed by atoms with Crippen LogP contribution in [0.15, 0.2) is 23.0 Å². The Kier molecular flexibility index (Phi) is 4.71. The van der Waals surface area contributed by atoms with Crippen LogP contribution >= 0.6 is 22.6 Å². The predicted molar refractivity (Wildman–Crippen MR) is 80.2 cm³/mol. The molecule has 1 N–H and O–H groups in total. The van der Waals surface area contributed by atoms with Crippen molar-refractivity contribution >= 4 is 22.6 Å². The van der Waals surface area contributed by atoms with Crippen LogP contribution in [0.1, 0.15) is 5.69 Å². The number of halogens is 2. The smallest absolute Gasteiger partial charge is 0.264 e. The first kappa shape index (κ1) is 14.9. The van der Waals surface area contributed by atoms with Gasteiger partial charge in [0.15, 0.2) is 11.6 Å². The second-order valence-corrected chi connectivity index (χ2v) is 5.04. The number of aromatic nitrogens is 2. The lowest BCUT2D eigenvalue weighted by molar-refractivity contribution is 0.180. The topological polar surface area (TPSA) is 64.2 Å². The summed E-state index contributed by atoms with van der Waals surface area (Å²) in [5.74, 6) is -0.0287. The Labute approximate surface area is 128 Å². The molecule has 2 rings (SSSR count). The fraction of sp³-hybridized carbons (Fsp3) is 0.231. The number of benzene rings is 1. The van der Waals surface area contributed by atoms with Crippen LogP contribution in [0, 0.1) is 9.39 Å². The molecule has 0 aliphatic heterocycles. The summed E-state index contributed by atoms with van der Waals surface area (Å²) in [7, 11) is 2.90. The van der Waals surface area contributed by atoms with Crippen molar-refractivity contribution in [1.29, 1.82) is 0 Å². The van der Waals surface area contributed by atoms with Gasteiger partial charge in [-0.15, -0.1) is 0 Å². The lowest BCUT2D eigenvalue weighted by Gasteiger charge is -2.08. The number of H-pyrrole nitrogens is 1. The summed E-state index contributed by atoms with van der Waals surface area (Å²) in [5, 5.41) is 0. The molecule has 20 heavy (non-hydrogen) atoms. The van der Waals surface area contributed by atoms with Gasteiger partial charge in [-0.2, -0.15) is 0 Å². The van der Waals surface area contributed by atoms with Crippen LogP contribution in [-0.2, 0) is 11.3 Å². The van der Waals surface area contributed by atoms with Crippen molar-refractivity contribution in [1.82, 2.24) is 9.97 Å². The van der Waals surface area contributed by atoms with Crippen LogP contribution in [0.4, 0.5) is 4.39 Å². The van der Waals surface area contributed by atoms with Gasteiger partial charge in [-0.1, -0.05) is 0 Å². The molecule has 0 fully saturated rings. The Bertz CT molecular complexity index is 688. The standard InChI is InChI=1S/C13H12FIN2O3/c1-19-6-9-11(15)13(18)17-12(16-9)7-3-4-8(14)10(5-7)20-2/h3-5H,6H2,1-2H3,(H,16,17,18). The number of rotatable bonds is 4. The van der Waals surface area contributed by atoms with Gasteiger partial charge in [0.1, 0.15) is 9.39 Å². The summed E-state index contributed by atoms with van der Waals surface area (Å²) in [6.07, 6.45) is 0. The lowest BCUT2D eigenvalue weighted by Crippen LogP contribution is -2.16. The zero-order valence-corrected chi connectivity index (χ0v) is 13.0. The highest BCUT2D eigenvalue weighted by Gasteiger charge is 2.12. The molecule has 0 aliphatic carbocycles. The zero-order valence-electron chi connectivity index (χ0n) is 10.9. The number of nitrogens with zero attached hydrogens (tertiary/aromatic N) is 1. The van der Waals surface area contributed by atoms with E-state index in [0.717, 1.165) is 0 Å². The summed E-state index contributed by atoms with van der Waals surface area (Å²) in [4.78, 5) is 18.9. The maximum Gasteiger partial charge on any atom is 0.264 e. The third-order valence-electron chi connectivity index (χ3n) is 2.64. The SMILES string of the molecule is COCc1nc(-c2ccc(F)c(OC)c2)[nH]c(=O)c1I. The molecule has 0 atom stereocenters. The minimum Gasteiger partial charge on any atom is -0.494 e. The third kappa shape index (κ3) is 2.98. The van der Waals surface area contributed by atoms with Crippen molar-refractivity contribution in [3.05, 3.63) is 43.6 Å². The highest BCUT2D eigenvalue weighted by atomic mass is 127. The monoisotopic (exact) mass is 390 g/mol. The van der Waals surface area contributed by atoms with Gasteiger partial charge in [0.25, 0.3) is 5.56 Å². The Morgan fingerprint density at radius 3 is 2.80 bits per heavy atom. The highest BCUT2D eigenvalue weighted by molar-refractivity contribution is 14.1. The molecule has 5 nitrogen and oxygen atoms in total. The lowest BCUT2D eigenvalue weighted by atomic mass is 10.2. The van der Waals surface area contributed by atoms with E-state index in [1.807, 2.05) is 22.6 Å². The summed E-state index contributed by atoms with van der Waals surface area (Å²) in [6, 6.07) is 4.28. The first-order chi connectivity index (χ1) is 9.56. The fourth-order valence-electron chi connectivity index (χ4n) is 1.68. The Morgan fingerprint density at radius 1 is 1.40 bits per heavy atom. The summed E-state index contributed by atoms with van der Waals surface area (Å²) < 4.78 is 23.8. The molecular formula is C13H12FIN2O3. The molecule has 1 aromatic heterocycles. The van der Waals surface area contributed by atoms with E-state index in [2.05, 4.69) is 9.97 Å². The zero-order chi connectivity index (χ0) is 14.7. The molecule has 0 bridgehead atoms. The largest absolute Gasteiger partial charge is 0.494 e. The number of ether oxygens (including phenoxy) is 2. The van der Waals surface area contributed by atoms with Crippen molar-refractivity contribution in [2.75, 3.05) is 14.2 Å². The molecule has 2 aromatic rings. The van der Waals surface area contributed by atoms with Gasteiger partial charge >= 0.3 is 0 Å². The molecule has 0 spiro atoms. The van der Waals surface area contributed by atoms with E-state index in [1.54, 1.807) is 0 Å². The minimum atomic E-state index is -0.471. The van der Waals surface area contributed by atoms with E-state index in [0.29, 0.717) is 20.7 Å². The molecule has 1 aromatic carbocycles. The second-order valence-electron chi connectivity index (χ2n) is 3.96. The van der Waals surface area contributed by atoms with Crippen LogP contribution in [-0.4, -0.2) is 24.2 Å². The van der Waals surface area contributed by atoms with Gasteiger partial charge in [-0.3, -0.25) is 4.79 Å². The van der Waals surface area contributed by atoms with Crippen LogP contribution in [0.3, 0.4) is 0 Å². The molecule has 7 heteroatoms. The highest BCUT2D eigenvalue weighted by Crippen LogP contribution is 2.24. The van der Waals surface area contributed by atoms with Gasteiger partial charge in [0.05, 0.1) is 19.4 Å². The molecule has 0 unspecified atom stereocenters. The summed E-state index contributed by atoms with van der Waals surface area (Å²) >= 11 is 1.91. The number of nitrogens with one attached hydrogen (secondary N) is 1. The normalized spacial score (nSPS) is 10.6. The average Bonchev–Trinajstić information content (AvgIpc) is 2.44. The summed E-state index contributed by atoms with van der Waals surface area (Å²) in [5.41, 5.74) is 0.843. The maximum absolute atomic E-state index is 13.4. The fourth-order valence-corrected chi connectivity index (χ4v) is 2.09. The second kappa shape index (κ2) is 6.31. The first-order valence-corrected chi connectivity index (χ1v) is 6.76. The quantitative estimate of drug-likeness (QED) is 0.815. The predicted octanol–water partition coefficient (Wildman–Crippen LogP) is 2.34. The Hall–Kier alpha value is -1.48. The maximum atomic E-state index is 13.4. The van der Waals surface area contributed by atoms with Crippen molar-refractivity contribution in [3.63, 3.8) is 0 Å². The molecular weight excluding hydrogens is 378 g/mol. The molecule has 0 amide bonds. The molecule has 1 heterocycles. The van der Waals surface area contributed by atoms with E-state index >= 15 is 0 Å². The summed E-state index contributed by atoms with van der Waals surface area (Å²) in [6.45, 7) is 0.230. The Balaban J connectivity index is 2.55. The molecule has 0 saturated carbocycles. The molecule has 106 valence electrons. The van der Waals surface area contributed by atoms with Crippen molar-refractivity contribution in [2.45, 2.75) is 6.61 Å². The van der Waals surface area contributed by atoms with Gasteiger partial charge in [0.2, 0.25) is 0 Å². The van der Waals surface area contributed by atoms with E-state index in [1.165, 1.54) is 32.4 Å². The van der Waals surface area contributed by atoms with Crippen LogP contribution < -0.4 is 10.3 Å². The third-order valence-corrected chi connectivity index (χ3v) is 3.75. The number of aromatic amines is 1. The average molecular weight is 390 g/mol. The molecule has 0 aliphatic rings. The van der Waals surface area contributed by atoms with Crippen molar-refractivity contribution in [3.8, 4) is 17.1 Å². The van der Waals surface area contributed by atoms with Crippen molar-refractivity contribution in [2.24, 2.45) is 0 Å². The minimum absolute atomic E-state index is 0.0944. The van der Waals surface area contributed by atoms with Gasteiger partial charge < -0.3 is 14.5 Å². The van der Waals surface area contributed by atoms with Gasteiger partial charge in [-0.25, -0.2) is 9.37 Å². The molecule has 0 radical (unpaired) electrons. The van der Waals surface area contributed by atoms with E-state index < -0.39 is 5.82 Å². The van der Waals surface area contributed by atoms with Crippen molar-refractivity contribution < 1.29 is 13.9 Å². The first-order valence-electron chi connectivity index (χ1n) is 5.68. The van der Waals surface area contributed by atoms with E-state index in [9.17, 15) is 9.18 Å². The van der Waals surface area contributed by atoms with Gasteiger partial charge in [0, 0.05) is 12.7 Å². The number of hydrogen-bond acceptors (Lipinski definition) is 4. The van der Waals surface area contributed by atoms with E-state index in [4.69, 9.17) is 9.47 Å². The van der Waals surface area contributed by atoms with E-state index in [-0.39, 0.29) is 17.9 Å².